The summed E-state index contributed by atoms with van der Waals surface area (Å²) in [5.74, 6) is 1.99. The minimum Gasteiger partial charge on any atom is -0.493 e. The maximum absolute atomic E-state index is 12.1. The van der Waals surface area contributed by atoms with E-state index < -0.39 is 0 Å². The Kier molecular flexibility index (Phi) is 8.05. The molecule has 0 saturated carbocycles. The number of hydrazone groups is 1. The number of carbonyl (C=O) groups is 1. The van der Waals surface area contributed by atoms with E-state index >= 15 is 0 Å². The molecule has 0 aliphatic rings. The first-order valence-corrected chi connectivity index (χ1v) is 10.8. The van der Waals surface area contributed by atoms with Crippen molar-refractivity contribution < 1.29 is 14.3 Å². The Bertz CT molecular complexity index is 1040. The van der Waals surface area contributed by atoms with Gasteiger partial charge >= 0.3 is 0 Å². The lowest BCUT2D eigenvalue weighted by Gasteiger charge is -2.10. The van der Waals surface area contributed by atoms with E-state index in [1.165, 1.54) is 11.8 Å². The van der Waals surface area contributed by atoms with Gasteiger partial charge in [0.1, 0.15) is 0 Å². The maximum Gasteiger partial charge on any atom is 0.250 e. The molecule has 0 saturated heterocycles. The van der Waals surface area contributed by atoms with Crippen LogP contribution >= 0.6 is 11.8 Å². The Balaban J connectivity index is 1.53. The maximum atomic E-state index is 12.1. The van der Waals surface area contributed by atoms with Gasteiger partial charge in [-0.05, 0) is 30.2 Å². The molecule has 0 aliphatic heterocycles. The highest BCUT2D eigenvalue weighted by Crippen LogP contribution is 2.27. The number of aromatic nitrogens is 3. The molecule has 0 fully saturated rings. The molecule has 31 heavy (non-hydrogen) atoms. The number of methoxy groups -OCH3 is 1. The van der Waals surface area contributed by atoms with Crippen LogP contribution in [0, 0.1) is 0 Å². The SMILES string of the molecule is CCCOc1ccc(C=NNC(=O)CSc2nnc(-c3ccccc3)n2C)cc1OC. The monoisotopic (exact) mass is 439 g/mol. The van der Waals surface area contributed by atoms with Crippen molar-refractivity contribution in [2.75, 3.05) is 19.5 Å². The highest BCUT2D eigenvalue weighted by Gasteiger charge is 2.12. The molecule has 0 bridgehead atoms. The van der Waals surface area contributed by atoms with E-state index in [1.54, 1.807) is 19.4 Å². The number of hydrogen-bond donors (Lipinski definition) is 1. The van der Waals surface area contributed by atoms with Crippen molar-refractivity contribution in [2.45, 2.75) is 18.5 Å². The molecule has 3 aromatic rings. The number of thioether (sulfide) groups is 1. The minimum atomic E-state index is -0.236. The van der Waals surface area contributed by atoms with Gasteiger partial charge in [0.2, 0.25) is 0 Å². The molecular weight excluding hydrogens is 414 g/mol. The van der Waals surface area contributed by atoms with Gasteiger partial charge in [0.05, 0.1) is 25.7 Å². The summed E-state index contributed by atoms with van der Waals surface area (Å²) >= 11 is 1.30. The van der Waals surface area contributed by atoms with Crippen LogP contribution in [0.4, 0.5) is 0 Å². The van der Waals surface area contributed by atoms with Gasteiger partial charge in [-0.1, -0.05) is 49.0 Å². The first-order chi connectivity index (χ1) is 15.1. The molecule has 0 unspecified atom stereocenters. The molecule has 8 nitrogen and oxygen atoms in total. The third kappa shape index (κ3) is 6.08. The van der Waals surface area contributed by atoms with Crippen LogP contribution in [0.15, 0.2) is 58.8 Å². The van der Waals surface area contributed by atoms with E-state index in [1.807, 2.05) is 61.0 Å². The zero-order chi connectivity index (χ0) is 22.1. The van der Waals surface area contributed by atoms with Gasteiger partial charge < -0.3 is 14.0 Å². The second-order valence-electron chi connectivity index (χ2n) is 6.57. The normalized spacial score (nSPS) is 10.9. The average Bonchev–Trinajstić information content (AvgIpc) is 3.17. The third-order valence-corrected chi connectivity index (χ3v) is 5.27. The zero-order valence-electron chi connectivity index (χ0n) is 17.7. The highest BCUT2D eigenvalue weighted by molar-refractivity contribution is 7.99. The Morgan fingerprint density at radius 2 is 2.00 bits per heavy atom. The van der Waals surface area contributed by atoms with Crippen molar-refractivity contribution in [1.82, 2.24) is 20.2 Å². The molecule has 0 atom stereocenters. The number of carbonyl (C=O) groups excluding carboxylic acids is 1. The zero-order valence-corrected chi connectivity index (χ0v) is 18.6. The van der Waals surface area contributed by atoms with Crippen LogP contribution in [0.25, 0.3) is 11.4 Å². The Hall–Kier alpha value is -3.33. The lowest BCUT2D eigenvalue weighted by atomic mass is 10.2. The molecule has 1 heterocycles. The van der Waals surface area contributed by atoms with Crippen molar-refractivity contribution in [3.05, 3.63) is 54.1 Å². The number of nitrogens with zero attached hydrogens (tertiary/aromatic N) is 4. The number of benzene rings is 2. The minimum absolute atomic E-state index is 0.172. The Morgan fingerprint density at radius 3 is 2.74 bits per heavy atom. The van der Waals surface area contributed by atoms with Gasteiger partial charge in [-0.15, -0.1) is 10.2 Å². The lowest BCUT2D eigenvalue weighted by molar-refractivity contribution is -0.118. The van der Waals surface area contributed by atoms with Crippen LogP contribution < -0.4 is 14.9 Å². The van der Waals surface area contributed by atoms with Crippen molar-refractivity contribution in [2.24, 2.45) is 12.1 Å². The van der Waals surface area contributed by atoms with Gasteiger partial charge in [0.25, 0.3) is 5.91 Å². The predicted molar refractivity (Wildman–Crippen MR) is 122 cm³/mol. The molecule has 3 rings (SSSR count). The molecule has 1 amide bonds. The summed E-state index contributed by atoms with van der Waals surface area (Å²) in [5, 5.41) is 13.1. The molecule has 1 aromatic heterocycles. The summed E-state index contributed by atoms with van der Waals surface area (Å²) in [5.41, 5.74) is 4.28. The second-order valence-corrected chi connectivity index (χ2v) is 7.51. The van der Waals surface area contributed by atoms with Crippen molar-refractivity contribution >= 4 is 23.9 Å². The molecule has 0 aliphatic carbocycles. The second kappa shape index (κ2) is 11.2. The van der Waals surface area contributed by atoms with Crippen molar-refractivity contribution in [1.29, 1.82) is 0 Å². The van der Waals surface area contributed by atoms with E-state index in [-0.39, 0.29) is 11.7 Å². The van der Waals surface area contributed by atoms with Gasteiger partial charge in [0.15, 0.2) is 22.5 Å². The summed E-state index contributed by atoms with van der Waals surface area (Å²) in [7, 11) is 3.46. The van der Waals surface area contributed by atoms with Crippen LogP contribution in [-0.2, 0) is 11.8 Å². The summed E-state index contributed by atoms with van der Waals surface area (Å²) in [6.45, 7) is 2.66. The number of nitrogens with one attached hydrogen (secondary N) is 1. The highest BCUT2D eigenvalue weighted by atomic mass is 32.2. The van der Waals surface area contributed by atoms with E-state index in [0.717, 1.165) is 23.4 Å². The number of hydrogen-bond acceptors (Lipinski definition) is 7. The molecule has 2 aromatic carbocycles. The van der Waals surface area contributed by atoms with E-state index in [9.17, 15) is 4.79 Å². The van der Waals surface area contributed by atoms with E-state index in [0.29, 0.717) is 23.3 Å². The predicted octanol–water partition coefficient (Wildman–Crippen LogP) is 3.52. The third-order valence-electron chi connectivity index (χ3n) is 4.25. The molecule has 0 spiro atoms. The topological polar surface area (TPSA) is 90.6 Å². The molecule has 1 N–H and O–H groups in total. The smallest absolute Gasteiger partial charge is 0.250 e. The average molecular weight is 440 g/mol. The van der Waals surface area contributed by atoms with E-state index in [4.69, 9.17) is 9.47 Å². The van der Waals surface area contributed by atoms with Crippen molar-refractivity contribution in [3.63, 3.8) is 0 Å². The Labute approximate surface area is 185 Å². The van der Waals surface area contributed by atoms with Crippen molar-refractivity contribution in [3.8, 4) is 22.9 Å². The Morgan fingerprint density at radius 1 is 1.19 bits per heavy atom. The molecule has 9 heteroatoms. The molecule has 0 radical (unpaired) electrons. The van der Waals surface area contributed by atoms with Gasteiger partial charge in [-0.2, -0.15) is 5.10 Å². The number of ether oxygens (including phenoxy) is 2. The lowest BCUT2D eigenvalue weighted by Crippen LogP contribution is -2.19. The number of rotatable bonds is 10. The first kappa shape index (κ1) is 22.4. The summed E-state index contributed by atoms with van der Waals surface area (Å²) in [4.78, 5) is 12.1. The summed E-state index contributed by atoms with van der Waals surface area (Å²) in [6.07, 6.45) is 2.48. The first-order valence-electron chi connectivity index (χ1n) is 9.82. The van der Waals surface area contributed by atoms with Gasteiger partial charge in [-0.3, -0.25) is 4.79 Å². The summed E-state index contributed by atoms with van der Waals surface area (Å²) in [6, 6.07) is 15.3. The fourth-order valence-corrected chi connectivity index (χ4v) is 3.42. The van der Waals surface area contributed by atoms with Crippen LogP contribution in [0.1, 0.15) is 18.9 Å². The molecule has 162 valence electrons. The van der Waals surface area contributed by atoms with Crippen LogP contribution in [0.3, 0.4) is 0 Å². The van der Waals surface area contributed by atoms with Crippen LogP contribution in [0.5, 0.6) is 11.5 Å². The largest absolute Gasteiger partial charge is 0.493 e. The van der Waals surface area contributed by atoms with Crippen LogP contribution in [0.2, 0.25) is 0 Å². The fraction of sp³-hybridized carbons (Fsp3) is 0.273. The van der Waals surface area contributed by atoms with Crippen LogP contribution in [-0.4, -0.2) is 46.4 Å². The summed E-state index contributed by atoms with van der Waals surface area (Å²) < 4.78 is 12.9. The molecular formula is C22H25N5O3S. The number of amides is 1. The van der Waals surface area contributed by atoms with Gasteiger partial charge in [-0.25, -0.2) is 5.43 Å². The van der Waals surface area contributed by atoms with Gasteiger partial charge in [0, 0.05) is 12.6 Å². The quantitative estimate of drug-likeness (QED) is 0.295. The van der Waals surface area contributed by atoms with E-state index in [2.05, 4.69) is 20.7 Å². The fourth-order valence-electron chi connectivity index (χ4n) is 2.72. The standard InChI is InChI=1S/C22H25N5O3S/c1-4-12-30-18-11-10-16(13-19(18)29-3)14-23-24-20(28)15-31-22-26-25-21(27(22)2)17-8-6-5-7-9-17/h5-11,13-14H,4,12,15H2,1-3H3,(H,24,28).